The van der Waals surface area contributed by atoms with Crippen LogP contribution in [0.4, 0.5) is 5.69 Å². The molecule has 2 aromatic carbocycles. The zero-order chi connectivity index (χ0) is 22.3. The van der Waals surface area contributed by atoms with E-state index in [9.17, 15) is 13.2 Å². The molecule has 1 fully saturated rings. The third-order valence-electron chi connectivity index (χ3n) is 6.28. The van der Waals surface area contributed by atoms with Gasteiger partial charge < -0.3 is 5.32 Å². The molecule has 5 rings (SSSR count). The fourth-order valence-electron chi connectivity index (χ4n) is 4.61. The number of pyridine rings is 1. The molecular formula is C24H24ClN3O3S. The van der Waals surface area contributed by atoms with Gasteiger partial charge in [-0.2, -0.15) is 4.31 Å². The maximum Gasteiger partial charge on any atom is 0.255 e. The van der Waals surface area contributed by atoms with Crippen molar-refractivity contribution >= 4 is 44.1 Å². The molecule has 2 aliphatic rings. The Morgan fingerprint density at radius 2 is 1.75 bits per heavy atom. The van der Waals surface area contributed by atoms with Crippen LogP contribution in [0.2, 0.25) is 5.02 Å². The fraction of sp³-hybridized carbons (Fsp3) is 0.333. The molecule has 0 unspecified atom stereocenters. The smallest absolute Gasteiger partial charge is 0.255 e. The number of fused-ring (bicyclic) bond motifs is 2. The van der Waals surface area contributed by atoms with E-state index in [0.717, 1.165) is 66.4 Å². The lowest BCUT2D eigenvalue weighted by molar-refractivity contribution is 0.102. The Kier molecular flexibility index (Phi) is 5.65. The number of benzene rings is 2. The monoisotopic (exact) mass is 469 g/mol. The van der Waals surface area contributed by atoms with Crippen molar-refractivity contribution in [2.45, 2.75) is 43.4 Å². The van der Waals surface area contributed by atoms with Gasteiger partial charge in [0.2, 0.25) is 10.0 Å². The first kappa shape index (κ1) is 21.4. The number of aromatic nitrogens is 1. The van der Waals surface area contributed by atoms with Gasteiger partial charge in [0.1, 0.15) is 4.90 Å². The Morgan fingerprint density at radius 3 is 2.56 bits per heavy atom. The lowest BCUT2D eigenvalue weighted by Gasteiger charge is -2.21. The highest BCUT2D eigenvalue weighted by Gasteiger charge is 2.30. The molecule has 6 nitrogen and oxygen atoms in total. The number of hydrogen-bond donors (Lipinski definition) is 1. The quantitative estimate of drug-likeness (QED) is 0.595. The molecule has 0 spiro atoms. The van der Waals surface area contributed by atoms with E-state index in [1.807, 2.05) is 24.3 Å². The number of sulfonamides is 1. The van der Waals surface area contributed by atoms with Gasteiger partial charge in [-0.1, -0.05) is 29.8 Å². The maximum atomic E-state index is 13.3. The zero-order valence-corrected chi connectivity index (χ0v) is 19.2. The van der Waals surface area contributed by atoms with E-state index in [-0.39, 0.29) is 21.4 Å². The van der Waals surface area contributed by atoms with Crippen LogP contribution in [0.5, 0.6) is 0 Å². The second-order valence-corrected chi connectivity index (χ2v) is 10.7. The van der Waals surface area contributed by atoms with Gasteiger partial charge in [0.05, 0.1) is 16.2 Å². The summed E-state index contributed by atoms with van der Waals surface area (Å²) in [5.41, 5.74) is 3.98. The van der Waals surface area contributed by atoms with Crippen LogP contribution in [-0.4, -0.2) is 36.7 Å². The summed E-state index contributed by atoms with van der Waals surface area (Å²) in [4.78, 5) is 18.1. The van der Waals surface area contributed by atoms with Crippen molar-refractivity contribution in [2.24, 2.45) is 0 Å². The van der Waals surface area contributed by atoms with Crippen LogP contribution in [0.1, 0.15) is 47.3 Å². The molecule has 2 heterocycles. The first-order chi connectivity index (χ1) is 15.4. The van der Waals surface area contributed by atoms with Crippen LogP contribution in [0.15, 0.2) is 47.4 Å². The Morgan fingerprint density at radius 1 is 1.00 bits per heavy atom. The van der Waals surface area contributed by atoms with Gasteiger partial charge in [0.15, 0.2) is 0 Å². The SMILES string of the molecule is O=C(Nc1c2c(nc3ccccc13)CCCC2)c1ccc(Cl)c(S(=O)(=O)N2CCCC2)c1. The lowest BCUT2D eigenvalue weighted by Crippen LogP contribution is -2.28. The molecule has 8 heteroatoms. The normalized spacial score (nSPS) is 16.8. The molecule has 32 heavy (non-hydrogen) atoms. The summed E-state index contributed by atoms with van der Waals surface area (Å²) in [6.45, 7) is 0.953. The van der Waals surface area contributed by atoms with Gasteiger partial charge in [-0.05, 0) is 68.4 Å². The second-order valence-electron chi connectivity index (χ2n) is 8.35. The van der Waals surface area contributed by atoms with Crippen molar-refractivity contribution in [3.8, 4) is 0 Å². The predicted molar refractivity (Wildman–Crippen MR) is 126 cm³/mol. The Bertz CT molecular complexity index is 1320. The van der Waals surface area contributed by atoms with Crippen LogP contribution in [-0.2, 0) is 22.9 Å². The van der Waals surface area contributed by atoms with E-state index in [4.69, 9.17) is 16.6 Å². The van der Waals surface area contributed by atoms with Crippen LogP contribution < -0.4 is 5.32 Å². The largest absolute Gasteiger partial charge is 0.321 e. The summed E-state index contributed by atoms with van der Waals surface area (Å²) >= 11 is 6.25. The van der Waals surface area contributed by atoms with Gasteiger partial charge in [-0.25, -0.2) is 8.42 Å². The molecule has 1 aromatic heterocycles. The number of nitrogens with zero attached hydrogens (tertiary/aromatic N) is 2. The minimum atomic E-state index is -3.74. The van der Waals surface area contributed by atoms with Crippen LogP contribution in [0.3, 0.4) is 0 Å². The topological polar surface area (TPSA) is 79.4 Å². The van der Waals surface area contributed by atoms with E-state index in [1.54, 1.807) is 6.07 Å². The van der Waals surface area contributed by atoms with E-state index in [1.165, 1.54) is 16.4 Å². The van der Waals surface area contributed by atoms with Crippen LogP contribution in [0.25, 0.3) is 10.9 Å². The predicted octanol–water partition coefficient (Wildman–Crippen LogP) is 4.80. The Labute approximate surface area is 192 Å². The molecule has 0 saturated carbocycles. The average molecular weight is 470 g/mol. The number of rotatable bonds is 4. The number of halogens is 1. The van der Waals surface area contributed by atoms with Crippen molar-refractivity contribution in [2.75, 3.05) is 18.4 Å². The van der Waals surface area contributed by atoms with Crippen molar-refractivity contribution in [3.63, 3.8) is 0 Å². The van der Waals surface area contributed by atoms with E-state index in [0.29, 0.717) is 13.1 Å². The number of hydrogen-bond acceptors (Lipinski definition) is 4. The molecule has 1 amide bonds. The van der Waals surface area contributed by atoms with Gasteiger partial charge in [-0.15, -0.1) is 0 Å². The molecule has 0 bridgehead atoms. The Balaban J connectivity index is 1.53. The maximum absolute atomic E-state index is 13.3. The number of nitrogens with one attached hydrogen (secondary N) is 1. The number of amides is 1. The van der Waals surface area contributed by atoms with Gasteiger partial charge in [-0.3, -0.25) is 9.78 Å². The highest BCUT2D eigenvalue weighted by Crippen LogP contribution is 2.34. The molecule has 166 valence electrons. The molecule has 1 aliphatic carbocycles. The van der Waals surface area contributed by atoms with Crippen molar-refractivity contribution in [1.82, 2.24) is 9.29 Å². The van der Waals surface area contributed by atoms with Gasteiger partial charge >= 0.3 is 0 Å². The summed E-state index contributed by atoms with van der Waals surface area (Å²) in [7, 11) is -3.74. The van der Waals surface area contributed by atoms with E-state index in [2.05, 4.69) is 5.32 Å². The highest BCUT2D eigenvalue weighted by molar-refractivity contribution is 7.89. The average Bonchev–Trinajstić information content (AvgIpc) is 3.35. The van der Waals surface area contributed by atoms with Gasteiger partial charge in [0, 0.05) is 29.7 Å². The number of carbonyl (C=O) groups excluding carboxylic acids is 1. The van der Waals surface area contributed by atoms with Crippen molar-refractivity contribution < 1.29 is 13.2 Å². The minimum Gasteiger partial charge on any atom is -0.321 e. The lowest BCUT2D eigenvalue weighted by atomic mass is 9.92. The van der Waals surface area contributed by atoms with E-state index < -0.39 is 10.0 Å². The Hall–Kier alpha value is -2.48. The zero-order valence-electron chi connectivity index (χ0n) is 17.6. The molecule has 1 saturated heterocycles. The summed E-state index contributed by atoms with van der Waals surface area (Å²) < 4.78 is 27.5. The molecular weight excluding hydrogens is 446 g/mol. The number of para-hydroxylation sites is 1. The van der Waals surface area contributed by atoms with Crippen molar-refractivity contribution in [1.29, 1.82) is 0 Å². The molecule has 3 aromatic rings. The molecule has 1 aliphatic heterocycles. The first-order valence-corrected chi connectivity index (χ1v) is 12.8. The minimum absolute atomic E-state index is 0.0182. The summed E-state index contributed by atoms with van der Waals surface area (Å²) in [6.07, 6.45) is 5.55. The summed E-state index contributed by atoms with van der Waals surface area (Å²) in [5.74, 6) is -0.358. The van der Waals surface area contributed by atoms with Gasteiger partial charge in [0.25, 0.3) is 5.91 Å². The first-order valence-electron chi connectivity index (χ1n) is 11.0. The number of carbonyl (C=O) groups is 1. The van der Waals surface area contributed by atoms with Crippen LogP contribution in [0, 0.1) is 0 Å². The molecule has 1 N–H and O–H groups in total. The summed E-state index contributed by atoms with van der Waals surface area (Å²) in [6, 6.07) is 12.2. The highest BCUT2D eigenvalue weighted by atomic mass is 35.5. The number of anilines is 1. The number of aryl methyl sites for hydroxylation is 1. The second kappa shape index (κ2) is 8.46. The summed E-state index contributed by atoms with van der Waals surface area (Å²) in [5, 5.41) is 4.08. The molecule has 0 radical (unpaired) electrons. The van der Waals surface area contributed by atoms with E-state index >= 15 is 0 Å². The molecule has 0 atom stereocenters. The van der Waals surface area contributed by atoms with Crippen LogP contribution >= 0.6 is 11.6 Å². The standard InChI is InChI=1S/C24H24ClN3O3S/c25-19-12-11-16(15-22(19)32(30,31)28-13-5-6-14-28)24(29)27-23-17-7-1-3-9-20(17)26-21-10-4-2-8-18(21)23/h1,3,7,9,11-12,15H,2,4-6,8,10,13-14H2,(H,26,27,29). The third-order valence-corrected chi connectivity index (χ3v) is 8.66. The third kappa shape index (κ3) is 3.78. The van der Waals surface area contributed by atoms with Crippen molar-refractivity contribution in [3.05, 3.63) is 64.3 Å². The fourth-order valence-corrected chi connectivity index (χ4v) is 6.63.